The van der Waals surface area contributed by atoms with Crippen LogP contribution < -0.4 is 4.90 Å². The van der Waals surface area contributed by atoms with Crippen LogP contribution in [0, 0.1) is 0 Å². The second kappa shape index (κ2) is 5.79. The number of hydrogen-bond acceptors (Lipinski definition) is 3. The quantitative estimate of drug-likeness (QED) is 0.876. The van der Waals surface area contributed by atoms with E-state index < -0.39 is 0 Å². The zero-order valence-electron chi connectivity index (χ0n) is 10.8. The molecule has 1 aliphatic rings. The Labute approximate surface area is 136 Å². The van der Waals surface area contributed by atoms with Crippen LogP contribution in [0.4, 0.5) is 5.69 Å². The lowest BCUT2D eigenvalue weighted by Gasteiger charge is -2.25. The molecule has 1 amide bonds. The number of halogens is 2. The van der Waals surface area contributed by atoms with E-state index in [9.17, 15) is 9.90 Å². The summed E-state index contributed by atoms with van der Waals surface area (Å²) in [5.41, 5.74) is 1.38. The Balaban J connectivity index is 2.03. The summed E-state index contributed by atoms with van der Waals surface area (Å²) in [5.74, 6) is 0.339. The Morgan fingerprint density at radius 3 is 2.48 bits per heavy atom. The predicted molar refractivity (Wildman–Crippen MR) is 87.3 cm³/mol. The zero-order chi connectivity index (χ0) is 15.0. The van der Waals surface area contributed by atoms with Crippen LogP contribution in [-0.4, -0.2) is 16.8 Å². The SMILES string of the molecule is O=C1CSC(c2ccc(Cl)cc2)N1c1cc(Cl)ccc1O. The molecule has 1 heterocycles. The summed E-state index contributed by atoms with van der Waals surface area (Å²) >= 11 is 13.4. The monoisotopic (exact) mass is 339 g/mol. The summed E-state index contributed by atoms with van der Waals surface area (Å²) in [6.45, 7) is 0. The van der Waals surface area contributed by atoms with E-state index in [0.29, 0.717) is 21.5 Å². The first-order chi connectivity index (χ1) is 10.1. The number of carbonyl (C=O) groups is 1. The second-order valence-corrected chi connectivity index (χ2v) is 6.55. The van der Waals surface area contributed by atoms with Crippen LogP contribution in [0.5, 0.6) is 5.75 Å². The van der Waals surface area contributed by atoms with Gasteiger partial charge in [0.2, 0.25) is 5.91 Å². The van der Waals surface area contributed by atoms with E-state index >= 15 is 0 Å². The van der Waals surface area contributed by atoms with Crippen LogP contribution >= 0.6 is 35.0 Å². The number of thioether (sulfide) groups is 1. The fourth-order valence-corrected chi connectivity index (χ4v) is 3.71. The highest BCUT2D eigenvalue weighted by Gasteiger charge is 2.35. The Hall–Kier alpha value is -1.36. The molecule has 0 spiro atoms. The highest BCUT2D eigenvalue weighted by atomic mass is 35.5. The number of amides is 1. The molecule has 108 valence electrons. The summed E-state index contributed by atoms with van der Waals surface area (Å²) in [4.78, 5) is 13.8. The summed E-state index contributed by atoms with van der Waals surface area (Å²) in [7, 11) is 0. The maximum atomic E-state index is 12.2. The third kappa shape index (κ3) is 2.84. The number of hydrogen-bond donors (Lipinski definition) is 1. The van der Waals surface area contributed by atoms with Crippen LogP contribution in [0.15, 0.2) is 42.5 Å². The topological polar surface area (TPSA) is 40.5 Å². The number of nitrogens with zero attached hydrogens (tertiary/aromatic N) is 1. The van der Waals surface area contributed by atoms with Gasteiger partial charge >= 0.3 is 0 Å². The molecule has 1 fully saturated rings. The van der Waals surface area contributed by atoms with Crippen molar-refractivity contribution in [2.24, 2.45) is 0 Å². The van der Waals surface area contributed by atoms with E-state index in [0.717, 1.165) is 5.56 Å². The molecule has 0 radical (unpaired) electrons. The maximum absolute atomic E-state index is 12.2. The van der Waals surface area contributed by atoms with Crippen molar-refractivity contribution in [3.05, 3.63) is 58.1 Å². The van der Waals surface area contributed by atoms with E-state index in [-0.39, 0.29) is 17.0 Å². The largest absolute Gasteiger partial charge is 0.506 e. The molecule has 3 nitrogen and oxygen atoms in total. The van der Waals surface area contributed by atoms with E-state index in [1.165, 1.54) is 17.8 Å². The molecule has 21 heavy (non-hydrogen) atoms. The fraction of sp³-hybridized carbons (Fsp3) is 0.133. The first-order valence-corrected chi connectivity index (χ1v) is 8.04. The lowest BCUT2D eigenvalue weighted by molar-refractivity contribution is -0.115. The molecule has 1 atom stereocenters. The number of carbonyl (C=O) groups excluding carboxylic acids is 1. The van der Waals surface area contributed by atoms with Crippen molar-refractivity contribution in [2.45, 2.75) is 5.37 Å². The fourth-order valence-electron chi connectivity index (χ4n) is 2.25. The molecule has 1 N–H and O–H groups in total. The van der Waals surface area contributed by atoms with Gasteiger partial charge in [-0.05, 0) is 35.9 Å². The standard InChI is InChI=1S/C15H11Cl2NO2S/c16-10-3-1-9(2-4-10)15-18(14(20)8-21-15)12-7-11(17)5-6-13(12)19/h1-7,15,19H,8H2. The van der Waals surface area contributed by atoms with E-state index in [4.69, 9.17) is 23.2 Å². The average Bonchev–Trinajstić information content (AvgIpc) is 2.84. The van der Waals surface area contributed by atoms with E-state index in [1.54, 1.807) is 29.2 Å². The van der Waals surface area contributed by atoms with Gasteiger partial charge in [-0.25, -0.2) is 0 Å². The molecule has 1 unspecified atom stereocenters. The molecular formula is C15H11Cl2NO2S. The van der Waals surface area contributed by atoms with Gasteiger partial charge in [0.05, 0.1) is 11.4 Å². The first-order valence-electron chi connectivity index (χ1n) is 6.24. The van der Waals surface area contributed by atoms with Crippen LogP contribution in [0.25, 0.3) is 0 Å². The number of aromatic hydroxyl groups is 1. The van der Waals surface area contributed by atoms with Gasteiger partial charge < -0.3 is 5.11 Å². The molecule has 3 rings (SSSR count). The van der Waals surface area contributed by atoms with Crippen LogP contribution in [0.3, 0.4) is 0 Å². The number of phenols is 1. The van der Waals surface area contributed by atoms with Crippen molar-refractivity contribution in [1.29, 1.82) is 0 Å². The highest BCUT2D eigenvalue weighted by Crippen LogP contribution is 2.45. The minimum absolute atomic E-state index is 0.0363. The van der Waals surface area contributed by atoms with Gasteiger partial charge in [-0.3, -0.25) is 9.69 Å². The third-order valence-electron chi connectivity index (χ3n) is 3.22. The number of anilines is 1. The van der Waals surface area contributed by atoms with Crippen molar-refractivity contribution in [3.63, 3.8) is 0 Å². The molecule has 0 aromatic heterocycles. The number of phenolic OH excluding ortho intramolecular Hbond substituents is 1. The van der Waals surface area contributed by atoms with Gasteiger partial charge in [-0.2, -0.15) is 0 Å². The Morgan fingerprint density at radius 2 is 1.76 bits per heavy atom. The summed E-state index contributed by atoms with van der Waals surface area (Å²) in [6.07, 6.45) is 0. The summed E-state index contributed by atoms with van der Waals surface area (Å²) < 4.78 is 0. The van der Waals surface area contributed by atoms with Crippen molar-refractivity contribution in [3.8, 4) is 5.75 Å². The molecule has 0 saturated carbocycles. The normalized spacial score (nSPS) is 18.3. The molecular weight excluding hydrogens is 329 g/mol. The molecule has 1 saturated heterocycles. The van der Waals surface area contributed by atoms with Crippen LogP contribution in [-0.2, 0) is 4.79 Å². The molecule has 0 aliphatic carbocycles. The van der Waals surface area contributed by atoms with Gasteiger partial charge in [0.25, 0.3) is 0 Å². The molecule has 0 bridgehead atoms. The van der Waals surface area contributed by atoms with E-state index in [1.807, 2.05) is 12.1 Å². The summed E-state index contributed by atoms with van der Waals surface area (Å²) in [5, 5.41) is 11.0. The Morgan fingerprint density at radius 1 is 1.10 bits per heavy atom. The van der Waals surface area contributed by atoms with Gasteiger partial charge in [-0.15, -0.1) is 11.8 Å². The second-order valence-electron chi connectivity index (χ2n) is 4.61. The molecule has 6 heteroatoms. The summed E-state index contributed by atoms with van der Waals surface area (Å²) in [6, 6.07) is 12.0. The Bertz CT molecular complexity index is 691. The van der Waals surface area contributed by atoms with Crippen molar-refractivity contribution in [1.82, 2.24) is 0 Å². The third-order valence-corrected chi connectivity index (χ3v) is 4.92. The van der Waals surface area contributed by atoms with Crippen molar-refractivity contribution < 1.29 is 9.90 Å². The Kier molecular flexibility index (Phi) is 4.02. The first kappa shape index (κ1) is 14.6. The molecule has 2 aromatic carbocycles. The van der Waals surface area contributed by atoms with Crippen LogP contribution in [0.1, 0.15) is 10.9 Å². The number of rotatable bonds is 2. The lowest BCUT2D eigenvalue weighted by Crippen LogP contribution is -2.27. The number of benzene rings is 2. The van der Waals surface area contributed by atoms with Crippen LogP contribution in [0.2, 0.25) is 10.0 Å². The molecule has 1 aliphatic heterocycles. The van der Waals surface area contributed by atoms with Crippen molar-refractivity contribution in [2.75, 3.05) is 10.7 Å². The maximum Gasteiger partial charge on any atom is 0.238 e. The van der Waals surface area contributed by atoms with Crippen molar-refractivity contribution >= 4 is 46.6 Å². The smallest absolute Gasteiger partial charge is 0.238 e. The van der Waals surface area contributed by atoms with Gasteiger partial charge in [0.15, 0.2) is 0 Å². The van der Waals surface area contributed by atoms with Gasteiger partial charge in [0.1, 0.15) is 11.1 Å². The zero-order valence-corrected chi connectivity index (χ0v) is 13.1. The minimum atomic E-state index is -0.195. The molecule has 2 aromatic rings. The van der Waals surface area contributed by atoms with E-state index in [2.05, 4.69) is 0 Å². The minimum Gasteiger partial charge on any atom is -0.506 e. The lowest BCUT2D eigenvalue weighted by atomic mass is 10.2. The van der Waals surface area contributed by atoms with Gasteiger partial charge in [0, 0.05) is 10.0 Å². The van der Waals surface area contributed by atoms with Gasteiger partial charge in [-0.1, -0.05) is 35.3 Å². The predicted octanol–water partition coefficient (Wildman–Crippen LogP) is 4.48. The average molecular weight is 340 g/mol. The highest BCUT2D eigenvalue weighted by molar-refractivity contribution is 8.00.